The molecule has 0 amide bonds. The zero-order valence-corrected chi connectivity index (χ0v) is 11.1. The molecule has 0 fully saturated rings. The Morgan fingerprint density at radius 2 is 1.94 bits per heavy atom. The van der Waals surface area contributed by atoms with Crippen LogP contribution in [0, 0.1) is 0 Å². The molecule has 0 bridgehead atoms. The van der Waals surface area contributed by atoms with Crippen LogP contribution in [-0.2, 0) is 0 Å². The van der Waals surface area contributed by atoms with Crippen molar-refractivity contribution in [3.8, 4) is 10.6 Å². The van der Waals surface area contributed by atoms with Gasteiger partial charge in [-0.1, -0.05) is 48.2 Å². The minimum absolute atomic E-state index is 0.735. The molecule has 0 atom stereocenters. The minimum Gasteiger partial charge on any atom is -0.330 e. The van der Waals surface area contributed by atoms with E-state index in [1.54, 1.807) is 11.3 Å². The van der Waals surface area contributed by atoms with Crippen LogP contribution in [0.3, 0.4) is 0 Å². The maximum Gasteiger partial charge on any atom is 0.148 e. The third kappa shape index (κ3) is 3.24. The molecule has 0 unspecified atom stereocenters. The number of unbranched alkanes of at least 4 members (excludes halogenated alkanes) is 1. The van der Waals surface area contributed by atoms with Crippen LogP contribution in [0.15, 0.2) is 36.9 Å². The van der Waals surface area contributed by atoms with E-state index in [4.69, 9.17) is 5.73 Å². The zero-order chi connectivity index (χ0) is 12.8. The molecule has 3 nitrogen and oxygen atoms in total. The van der Waals surface area contributed by atoms with E-state index in [1.165, 1.54) is 0 Å². The number of allylic oxidation sites excluding steroid dienone is 1. The molecule has 1 heterocycles. The average Bonchev–Trinajstić information content (AvgIpc) is 2.89. The van der Waals surface area contributed by atoms with E-state index in [1.807, 2.05) is 30.3 Å². The van der Waals surface area contributed by atoms with Crippen molar-refractivity contribution in [3.63, 3.8) is 0 Å². The van der Waals surface area contributed by atoms with Crippen LogP contribution in [0.5, 0.6) is 0 Å². The van der Waals surface area contributed by atoms with Crippen molar-refractivity contribution in [1.29, 1.82) is 0 Å². The summed E-state index contributed by atoms with van der Waals surface area (Å²) in [5.41, 5.74) is 7.64. The summed E-state index contributed by atoms with van der Waals surface area (Å²) in [5, 5.41) is 10.3. The second kappa shape index (κ2) is 6.42. The first-order valence-corrected chi connectivity index (χ1v) is 6.90. The number of aromatic nitrogens is 2. The van der Waals surface area contributed by atoms with Crippen molar-refractivity contribution < 1.29 is 0 Å². The Bertz CT molecular complexity index is 505. The van der Waals surface area contributed by atoms with Gasteiger partial charge in [-0.05, 0) is 31.4 Å². The molecule has 0 aliphatic rings. The van der Waals surface area contributed by atoms with Crippen LogP contribution >= 0.6 is 11.3 Å². The molecule has 2 N–H and O–H groups in total. The van der Waals surface area contributed by atoms with E-state index >= 15 is 0 Å². The highest BCUT2D eigenvalue weighted by atomic mass is 32.1. The van der Waals surface area contributed by atoms with Gasteiger partial charge in [0.05, 0.1) is 0 Å². The van der Waals surface area contributed by atoms with Crippen molar-refractivity contribution in [2.24, 2.45) is 5.73 Å². The molecule has 0 saturated heterocycles. The summed E-state index contributed by atoms with van der Waals surface area (Å²) in [4.78, 5) is 0. The zero-order valence-electron chi connectivity index (χ0n) is 10.3. The van der Waals surface area contributed by atoms with Gasteiger partial charge in [0.25, 0.3) is 0 Å². The van der Waals surface area contributed by atoms with Gasteiger partial charge in [-0.25, -0.2) is 0 Å². The topological polar surface area (TPSA) is 51.8 Å². The molecular weight excluding hydrogens is 242 g/mol. The Kier molecular flexibility index (Phi) is 4.61. The summed E-state index contributed by atoms with van der Waals surface area (Å²) < 4.78 is 0. The van der Waals surface area contributed by atoms with Crippen LogP contribution in [-0.4, -0.2) is 16.7 Å². The van der Waals surface area contributed by atoms with Crippen molar-refractivity contribution in [1.82, 2.24) is 10.2 Å². The Morgan fingerprint density at radius 3 is 2.67 bits per heavy atom. The van der Waals surface area contributed by atoms with Gasteiger partial charge < -0.3 is 5.73 Å². The molecule has 94 valence electrons. The first-order chi connectivity index (χ1) is 8.81. The highest BCUT2D eigenvalue weighted by Crippen LogP contribution is 2.28. The molecular formula is C14H17N3S. The van der Waals surface area contributed by atoms with Crippen LogP contribution in [0.25, 0.3) is 16.1 Å². The molecule has 0 aliphatic heterocycles. The third-order valence-corrected chi connectivity index (χ3v) is 3.76. The van der Waals surface area contributed by atoms with Gasteiger partial charge in [-0.15, -0.1) is 10.2 Å². The first kappa shape index (κ1) is 12.9. The predicted octanol–water partition coefficient (Wildman–Crippen LogP) is 3.35. The lowest BCUT2D eigenvalue weighted by Gasteiger charge is -1.99. The molecule has 0 radical (unpaired) electrons. The van der Waals surface area contributed by atoms with Gasteiger partial charge in [0.15, 0.2) is 0 Å². The van der Waals surface area contributed by atoms with E-state index < -0.39 is 0 Å². The quantitative estimate of drug-likeness (QED) is 0.809. The minimum atomic E-state index is 0.735. The Hall–Kier alpha value is -1.52. The Morgan fingerprint density at radius 1 is 1.17 bits per heavy atom. The Labute approximate surface area is 111 Å². The lowest BCUT2D eigenvalue weighted by molar-refractivity contribution is 0.765. The summed E-state index contributed by atoms with van der Waals surface area (Å²) in [5.74, 6) is 0. The highest BCUT2D eigenvalue weighted by Gasteiger charge is 2.08. The van der Waals surface area contributed by atoms with Crippen molar-refractivity contribution in [3.05, 3.63) is 41.9 Å². The van der Waals surface area contributed by atoms with Gasteiger partial charge in [0.2, 0.25) is 0 Å². The normalized spacial score (nSPS) is 10.5. The van der Waals surface area contributed by atoms with Gasteiger partial charge in [-0.3, -0.25) is 0 Å². The lowest BCUT2D eigenvalue weighted by Crippen LogP contribution is -1.97. The van der Waals surface area contributed by atoms with E-state index in [0.29, 0.717) is 0 Å². The lowest BCUT2D eigenvalue weighted by atomic mass is 10.1. The van der Waals surface area contributed by atoms with Crippen molar-refractivity contribution in [2.45, 2.75) is 19.3 Å². The molecule has 1 aromatic carbocycles. The molecule has 0 spiro atoms. The summed E-state index contributed by atoms with van der Waals surface area (Å²) in [7, 11) is 0. The second-order valence-corrected chi connectivity index (χ2v) is 5.11. The van der Waals surface area contributed by atoms with Crippen molar-refractivity contribution >= 4 is 16.9 Å². The number of nitrogens with two attached hydrogens (primary N) is 1. The number of rotatable bonds is 6. The third-order valence-electron chi connectivity index (χ3n) is 2.68. The first-order valence-electron chi connectivity index (χ1n) is 6.08. The summed E-state index contributed by atoms with van der Waals surface area (Å²) in [6.45, 7) is 4.81. The number of hydrogen-bond donors (Lipinski definition) is 1. The summed E-state index contributed by atoms with van der Waals surface area (Å²) >= 11 is 1.60. The molecule has 0 saturated carbocycles. The van der Waals surface area contributed by atoms with E-state index in [9.17, 15) is 0 Å². The van der Waals surface area contributed by atoms with Crippen LogP contribution in [0.4, 0.5) is 0 Å². The molecule has 2 aromatic rings. The smallest absolute Gasteiger partial charge is 0.148 e. The maximum atomic E-state index is 5.48. The van der Waals surface area contributed by atoms with Crippen LogP contribution in [0.1, 0.15) is 24.3 Å². The summed E-state index contributed by atoms with van der Waals surface area (Å²) in [6, 6.07) is 10.1. The summed E-state index contributed by atoms with van der Waals surface area (Å²) in [6.07, 6.45) is 3.04. The molecule has 0 aliphatic carbocycles. The molecule has 18 heavy (non-hydrogen) atoms. The average molecular weight is 259 g/mol. The van der Waals surface area contributed by atoms with E-state index in [-0.39, 0.29) is 0 Å². The largest absolute Gasteiger partial charge is 0.330 e. The predicted molar refractivity (Wildman–Crippen MR) is 77.3 cm³/mol. The number of benzene rings is 1. The maximum absolute atomic E-state index is 5.48. The highest BCUT2D eigenvalue weighted by molar-refractivity contribution is 7.15. The monoisotopic (exact) mass is 259 g/mol. The molecule has 1 aromatic heterocycles. The fourth-order valence-corrected chi connectivity index (χ4v) is 2.50. The van der Waals surface area contributed by atoms with Gasteiger partial charge in [0.1, 0.15) is 10.0 Å². The standard InChI is InChI=1S/C14H17N3S/c1-11(7-5-6-10-15)13-16-17-14(18-13)12-8-3-2-4-9-12/h2-4,8-9H,1,5-7,10,15H2. The molecule has 2 rings (SSSR count). The van der Waals surface area contributed by atoms with Crippen LogP contribution < -0.4 is 5.73 Å². The van der Waals surface area contributed by atoms with Gasteiger partial charge >= 0.3 is 0 Å². The van der Waals surface area contributed by atoms with Crippen molar-refractivity contribution in [2.75, 3.05) is 6.54 Å². The Balaban J connectivity index is 2.04. The number of hydrogen-bond acceptors (Lipinski definition) is 4. The fourth-order valence-electron chi connectivity index (χ4n) is 1.65. The molecule has 4 heteroatoms. The van der Waals surface area contributed by atoms with Gasteiger partial charge in [-0.2, -0.15) is 0 Å². The second-order valence-electron chi connectivity index (χ2n) is 4.13. The van der Waals surface area contributed by atoms with Crippen LogP contribution in [0.2, 0.25) is 0 Å². The fraction of sp³-hybridized carbons (Fsp3) is 0.286. The SMILES string of the molecule is C=C(CCCCN)c1nnc(-c2ccccc2)s1. The van der Waals surface area contributed by atoms with Gasteiger partial charge in [0, 0.05) is 5.56 Å². The van der Waals surface area contributed by atoms with E-state index in [2.05, 4.69) is 16.8 Å². The van der Waals surface area contributed by atoms with E-state index in [0.717, 1.165) is 47.0 Å². The number of nitrogens with zero attached hydrogens (tertiary/aromatic N) is 2.